The normalized spacial score (nSPS) is 10.9. The van der Waals surface area contributed by atoms with Crippen molar-refractivity contribution in [2.75, 3.05) is 12.5 Å². The van der Waals surface area contributed by atoms with E-state index in [1.165, 1.54) is 0 Å². The Morgan fingerprint density at radius 1 is 1.29 bits per heavy atom. The summed E-state index contributed by atoms with van der Waals surface area (Å²) in [6.07, 6.45) is 0. The third kappa shape index (κ3) is 2.17. The van der Waals surface area contributed by atoms with Gasteiger partial charge in [0.05, 0.1) is 24.0 Å². The minimum atomic E-state index is 0.316. The molecule has 0 atom stereocenters. The van der Waals surface area contributed by atoms with E-state index in [-0.39, 0.29) is 0 Å². The van der Waals surface area contributed by atoms with E-state index < -0.39 is 0 Å². The second kappa shape index (κ2) is 4.59. The number of ether oxygens (including phenoxy) is 1. The quantitative estimate of drug-likeness (QED) is 0.629. The highest BCUT2D eigenvalue weighted by Crippen LogP contribution is 2.27. The predicted octanol–water partition coefficient (Wildman–Crippen LogP) is 2.65. The van der Waals surface area contributed by atoms with E-state index in [2.05, 4.69) is 24.3 Å². The van der Waals surface area contributed by atoms with Gasteiger partial charge in [-0.1, -0.05) is 13.8 Å². The Kier molecular flexibility index (Phi) is 3.15. The minimum absolute atomic E-state index is 0.316. The largest absolute Gasteiger partial charge is 0.497 e. The Morgan fingerprint density at radius 2 is 2.06 bits per heavy atom. The Bertz CT molecular complexity index is 537. The number of hydrogen-bond donors (Lipinski definition) is 2. The van der Waals surface area contributed by atoms with Gasteiger partial charge in [0.15, 0.2) is 0 Å². The van der Waals surface area contributed by atoms with Gasteiger partial charge in [-0.25, -0.2) is 0 Å². The van der Waals surface area contributed by atoms with Gasteiger partial charge in [-0.2, -0.15) is 0 Å². The topological polar surface area (TPSA) is 60.2 Å². The summed E-state index contributed by atoms with van der Waals surface area (Å²) in [5.41, 5.74) is 5.47. The van der Waals surface area contributed by atoms with Gasteiger partial charge >= 0.3 is 0 Å². The molecular weight excluding hydrogens is 214 g/mol. The molecule has 1 heterocycles. The van der Waals surface area contributed by atoms with Crippen molar-refractivity contribution in [2.24, 2.45) is 5.84 Å². The van der Waals surface area contributed by atoms with Crippen LogP contribution in [0.2, 0.25) is 0 Å². The molecule has 1 aromatic carbocycles. The summed E-state index contributed by atoms with van der Waals surface area (Å²) in [6, 6.07) is 7.84. The molecule has 17 heavy (non-hydrogen) atoms. The molecule has 3 N–H and O–H groups in total. The van der Waals surface area contributed by atoms with Crippen LogP contribution in [0.4, 0.5) is 5.69 Å². The van der Waals surface area contributed by atoms with Crippen LogP contribution in [0.15, 0.2) is 24.3 Å². The van der Waals surface area contributed by atoms with Gasteiger partial charge in [-0.3, -0.25) is 10.8 Å². The van der Waals surface area contributed by atoms with E-state index in [1.54, 1.807) is 7.11 Å². The van der Waals surface area contributed by atoms with Crippen LogP contribution in [0.5, 0.6) is 5.75 Å². The lowest BCUT2D eigenvalue weighted by molar-refractivity contribution is 0.415. The number of aromatic nitrogens is 1. The zero-order valence-electron chi connectivity index (χ0n) is 10.3. The molecule has 0 spiro atoms. The molecule has 0 bridgehead atoms. The molecule has 0 saturated carbocycles. The summed E-state index contributed by atoms with van der Waals surface area (Å²) in [5.74, 6) is 6.65. The van der Waals surface area contributed by atoms with Crippen molar-refractivity contribution in [3.8, 4) is 5.75 Å². The highest BCUT2D eigenvalue weighted by atomic mass is 16.5. The minimum Gasteiger partial charge on any atom is -0.497 e. The number of hydrazine groups is 1. The molecule has 90 valence electrons. The third-order valence-electron chi connectivity index (χ3n) is 2.76. The molecule has 4 heteroatoms. The van der Waals surface area contributed by atoms with Crippen molar-refractivity contribution in [1.29, 1.82) is 0 Å². The molecule has 0 radical (unpaired) electrons. The van der Waals surface area contributed by atoms with Crippen LogP contribution in [0.1, 0.15) is 25.5 Å². The summed E-state index contributed by atoms with van der Waals surface area (Å²) >= 11 is 0. The molecule has 0 aliphatic heterocycles. The molecule has 0 unspecified atom stereocenters. The molecule has 2 aromatic rings. The van der Waals surface area contributed by atoms with Crippen molar-refractivity contribution in [3.05, 3.63) is 30.0 Å². The fraction of sp³-hybridized carbons (Fsp3) is 0.308. The lowest BCUT2D eigenvalue weighted by Gasteiger charge is -2.13. The van der Waals surface area contributed by atoms with Crippen molar-refractivity contribution in [1.82, 2.24) is 4.98 Å². The molecule has 0 aliphatic rings. The highest BCUT2D eigenvalue weighted by Gasteiger charge is 2.10. The zero-order chi connectivity index (χ0) is 12.4. The number of methoxy groups -OCH3 is 1. The van der Waals surface area contributed by atoms with Crippen LogP contribution >= 0.6 is 0 Å². The van der Waals surface area contributed by atoms with Gasteiger partial charge in [-0.15, -0.1) is 0 Å². The van der Waals surface area contributed by atoms with Crippen LogP contribution in [0, 0.1) is 0 Å². The first-order valence-corrected chi connectivity index (χ1v) is 5.61. The van der Waals surface area contributed by atoms with Crippen LogP contribution < -0.4 is 16.0 Å². The third-order valence-corrected chi connectivity index (χ3v) is 2.76. The maximum Gasteiger partial charge on any atom is 0.121 e. The van der Waals surface area contributed by atoms with Gasteiger partial charge in [0.2, 0.25) is 0 Å². The Labute approximate surface area is 101 Å². The van der Waals surface area contributed by atoms with E-state index in [1.807, 2.05) is 24.3 Å². The number of nitrogens with two attached hydrogens (primary N) is 1. The maximum absolute atomic E-state index is 5.52. The molecule has 1 aromatic heterocycles. The molecule has 0 fully saturated rings. The van der Waals surface area contributed by atoms with Crippen molar-refractivity contribution in [3.63, 3.8) is 0 Å². The molecule has 4 nitrogen and oxygen atoms in total. The number of nitrogens with zero attached hydrogens (tertiary/aromatic N) is 1. The van der Waals surface area contributed by atoms with E-state index in [4.69, 9.17) is 10.6 Å². The predicted molar refractivity (Wildman–Crippen MR) is 70.2 cm³/mol. The molecule has 2 rings (SSSR count). The molecular formula is C13H17N3O. The van der Waals surface area contributed by atoms with Crippen molar-refractivity contribution in [2.45, 2.75) is 19.8 Å². The van der Waals surface area contributed by atoms with E-state index in [9.17, 15) is 0 Å². The van der Waals surface area contributed by atoms with Crippen molar-refractivity contribution >= 4 is 16.6 Å². The van der Waals surface area contributed by atoms with Crippen LogP contribution in [0.3, 0.4) is 0 Å². The zero-order valence-corrected chi connectivity index (χ0v) is 10.3. The van der Waals surface area contributed by atoms with Gasteiger partial charge in [-0.05, 0) is 24.1 Å². The fourth-order valence-corrected chi connectivity index (χ4v) is 1.84. The number of anilines is 1. The number of pyridine rings is 1. The first-order valence-electron chi connectivity index (χ1n) is 5.61. The highest BCUT2D eigenvalue weighted by molar-refractivity contribution is 5.84. The number of nitrogen functional groups attached to an aromatic ring is 1. The van der Waals surface area contributed by atoms with E-state index in [0.29, 0.717) is 5.92 Å². The Morgan fingerprint density at radius 3 is 2.65 bits per heavy atom. The first kappa shape index (κ1) is 11.7. The summed E-state index contributed by atoms with van der Waals surface area (Å²) in [6.45, 7) is 4.18. The van der Waals surface area contributed by atoms with E-state index in [0.717, 1.165) is 28.0 Å². The van der Waals surface area contributed by atoms with Gasteiger partial charge in [0, 0.05) is 11.5 Å². The summed E-state index contributed by atoms with van der Waals surface area (Å²) in [4.78, 5) is 4.63. The monoisotopic (exact) mass is 231 g/mol. The molecule has 0 amide bonds. The number of nitrogens with one attached hydrogen (secondary N) is 1. The second-order valence-corrected chi connectivity index (χ2v) is 4.28. The standard InChI is InChI=1S/C13H17N3O/c1-8(2)13-12(16-14)6-9-4-5-10(17-3)7-11(9)15-13/h4-8,16H,14H2,1-3H3. The average molecular weight is 231 g/mol. The van der Waals surface area contributed by atoms with Crippen LogP contribution in [-0.2, 0) is 0 Å². The summed E-state index contributed by atoms with van der Waals surface area (Å²) in [7, 11) is 1.65. The van der Waals surface area contributed by atoms with Gasteiger partial charge in [0.25, 0.3) is 0 Å². The Balaban J connectivity index is 2.65. The number of rotatable bonds is 3. The van der Waals surface area contributed by atoms with Crippen molar-refractivity contribution < 1.29 is 4.74 Å². The molecule has 0 saturated heterocycles. The average Bonchev–Trinajstić information content (AvgIpc) is 2.36. The van der Waals surface area contributed by atoms with Crippen LogP contribution in [0.25, 0.3) is 10.9 Å². The maximum atomic E-state index is 5.52. The lowest BCUT2D eigenvalue weighted by atomic mass is 10.1. The second-order valence-electron chi connectivity index (χ2n) is 4.28. The summed E-state index contributed by atoms with van der Waals surface area (Å²) in [5, 5.41) is 1.04. The smallest absolute Gasteiger partial charge is 0.121 e. The summed E-state index contributed by atoms with van der Waals surface area (Å²) < 4.78 is 5.20. The van der Waals surface area contributed by atoms with E-state index >= 15 is 0 Å². The Hall–Kier alpha value is -1.81. The fourth-order valence-electron chi connectivity index (χ4n) is 1.84. The number of fused-ring (bicyclic) bond motifs is 1. The van der Waals surface area contributed by atoms with Crippen LogP contribution in [-0.4, -0.2) is 12.1 Å². The van der Waals surface area contributed by atoms with Gasteiger partial charge < -0.3 is 10.2 Å². The first-order chi connectivity index (χ1) is 8.15. The van der Waals surface area contributed by atoms with Gasteiger partial charge in [0.1, 0.15) is 5.75 Å². The number of hydrogen-bond acceptors (Lipinski definition) is 4. The number of benzene rings is 1. The lowest BCUT2D eigenvalue weighted by Crippen LogP contribution is -2.11. The molecule has 0 aliphatic carbocycles. The SMILES string of the molecule is COc1ccc2cc(NN)c(C(C)C)nc2c1.